The Balaban J connectivity index is 2.11. The molecule has 4 nitrogen and oxygen atoms in total. The van der Waals surface area contributed by atoms with E-state index in [2.05, 4.69) is 36.8 Å². The van der Waals surface area contributed by atoms with Crippen LogP contribution >= 0.6 is 11.3 Å². The molecule has 3 N–H and O–H groups in total. The van der Waals surface area contributed by atoms with Crippen LogP contribution in [0, 0.1) is 5.92 Å². The Morgan fingerprint density at radius 1 is 1.29 bits per heavy atom. The van der Waals surface area contributed by atoms with Gasteiger partial charge in [0, 0.05) is 24.5 Å². The smallest absolute Gasteiger partial charge is 0.0949 e. The lowest BCUT2D eigenvalue weighted by atomic mass is 9.97. The zero-order valence-electron chi connectivity index (χ0n) is 12.7. The molecule has 1 heterocycles. The molecule has 1 aromatic carbocycles. The molecule has 1 aromatic heterocycles. The number of rotatable bonds is 7. The summed E-state index contributed by atoms with van der Waals surface area (Å²) in [6, 6.07) is 10.3. The Morgan fingerprint density at radius 3 is 2.57 bits per heavy atom. The highest BCUT2D eigenvalue weighted by molar-refractivity contribution is 7.09. The van der Waals surface area contributed by atoms with Crippen LogP contribution in [0.3, 0.4) is 0 Å². The first kappa shape index (κ1) is 16.1. The van der Waals surface area contributed by atoms with Crippen molar-refractivity contribution in [2.24, 2.45) is 11.8 Å². The van der Waals surface area contributed by atoms with Gasteiger partial charge in [0.2, 0.25) is 0 Å². The van der Waals surface area contributed by atoms with E-state index in [0.717, 1.165) is 22.7 Å². The third kappa shape index (κ3) is 4.11. The summed E-state index contributed by atoms with van der Waals surface area (Å²) in [6.45, 7) is 4.27. The second-order valence-corrected chi connectivity index (χ2v) is 6.36. The maximum atomic E-state index is 5.70. The first-order chi connectivity index (χ1) is 10.2. The molecule has 0 saturated heterocycles. The summed E-state index contributed by atoms with van der Waals surface area (Å²) in [5.74, 6) is 6.09. The lowest BCUT2D eigenvalue weighted by Gasteiger charge is -2.27. The lowest BCUT2D eigenvalue weighted by Crippen LogP contribution is -2.48. The topological polar surface area (TPSA) is 60.2 Å². The van der Waals surface area contributed by atoms with E-state index < -0.39 is 0 Å². The van der Waals surface area contributed by atoms with Gasteiger partial charge in [-0.3, -0.25) is 11.3 Å². The minimum absolute atomic E-state index is 0.0600. The molecule has 21 heavy (non-hydrogen) atoms. The van der Waals surface area contributed by atoms with Crippen molar-refractivity contribution in [3.63, 3.8) is 0 Å². The lowest BCUT2D eigenvalue weighted by molar-refractivity contribution is 0.0332. The van der Waals surface area contributed by atoms with Crippen LogP contribution in [-0.2, 0) is 11.2 Å². The van der Waals surface area contributed by atoms with Crippen molar-refractivity contribution in [1.29, 1.82) is 0 Å². The Hall–Kier alpha value is -1.27. The average Bonchev–Trinajstić information content (AvgIpc) is 2.96. The Morgan fingerprint density at radius 2 is 2.00 bits per heavy atom. The summed E-state index contributed by atoms with van der Waals surface area (Å²) in [5, 5.41) is 3.16. The second kappa shape index (κ2) is 7.66. The fraction of sp³-hybridized carbons (Fsp3) is 0.438. The Kier molecular flexibility index (Phi) is 5.87. The van der Waals surface area contributed by atoms with Crippen molar-refractivity contribution in [2.45, 2.75) is 32.4 Å². The van der Waals surface area contributed by atoms with Crippen molar-refractivity contribution in [3.8, 4) is 11.3 Å². The van der Waals surface area contributed by atoms with Gasteiger partial charge in [-0.25, -0.2) is 4.98 Å². The molecule has 2 rings (SSSR count). The Labute approximate surface area is 130 Å². The maximum absolute atomic E-state index is 5.70. The Bertz CT molecular complexity index is 541. The van der Waals surface area contributed by atoms with Crippen molar-refractivity contribution >= 4 is 11.3 Å². The van der Waals surface area contributed by atoms with Gasteiger partial charge in [0.15, 0.2) is 0 Å². The van der Waals surface area contributed by atoms with E-state index >= 15 is 0 Å². The molecule has 2 aromatic rings. The van der Waals surface area contributed by atoms with Gasteiger partial charge < -0.3 is 4.74 Å². The molecule has 0 radical (unpaired) electrons. The number of methoxy groups -OCH3 is 1. The van der Waals surface area contributed by atoms with E-state index in [-0.39, 0.29) is 12.1 Å². The van der Waals surface area contributed by atoms with Crippen molar-refractivity contribution in [2.75, 3.05) is 7.11 Å². The van der Waals surface area contributed by atoms with Crippen LogP contribution in [0.1, 0.15) is 18.9 Å². The van der Waals surface area contributed by atoms with Gasteiger partial charge in [0.1, 0.15) is 0 Å². The molecule has 0 aliphatic heterocycles. The highest BCUT2D eigenvalue weighted by Gasteiger charge is 2.24. The van der Waals surface area contributed by atoms with Gasteiger partial charge in [-0.05, 0) is 5.92 Å². The molecular weight excluding hydrogens is 282 g/mol. The van der Waals surface area contributed by atoms with Crippen LogP contribution in [0.5, 0.6) is 0 Å². The van der Waals surface area contributed by atoms with E-state index in [0.29, 0.717) is 5.92 Å². The third-order valence-electron chi connectivity index (χ3n) is 3.56. The molecular formula is C16H23N3OS. The van der Waals surface area contributed by atoms with Crippen LogP contribution in [0.2, 0.25) is 0 Å². The summed E-state index contributed by atoms with van der Waals surface area (Å²) in [5.41, 5.74) is 5.03. The number of thiazole rings is 1. The van der Waals surface area contributed by atoms with Crippen molar-refractivity contribution < 1.29 is 4.74 Å². The molecule has 0 bridgehead atoms. The summed E-state index contributed by atoms with van der Waals surface area (Å²) in [6.07, 6.45) is 0.837. The second-order valence-electron chi connectivity index (χ2n) is 5.41. The van der Waals surface area contributed by atoms with Gasteiger partial charge in [-0.2, -0.15) is 0 Å². The first-order valence-electron chi connectivity index (χ1n) is 7.14. The number of nitrogens with zero attached hydrogens (tertiary/aromatic N) is 1. The first-order valence-corrected chi connectivity index (χ1v) is 8.02. The predicted molar refractivity (Wildman–Crippen MR) is 88.0 cm³/mol. The number of nitrogens with two attached hydrogens (primary N) is 1. The predicted octanol–water partition coefficient (Wildman–Crippen LogP) is 2.86. The van der Waals surface area contributed by atoms with Crippen LogP contribution in [0.25, 0.3) is 11.3 Å². The molecule has 0 aliphatic rings. The SMILES string of the molecule is COC(C(C)C)C(Cc1nc(-c2ccccc2)cs1)NN. The maximum Gasteiger partial charge on any atom is 0.0949 e. The minimum Gasteiger partial charge on any atom is -0.380 e. The molecule has 2 unspecified atom stereocenters. The van der Waals surface area contributed by atoms with Crippen molar-refractivity contribution in [1.82, 2.24) is 10.4 Å². The number of ether oxygens (including phenoxy) is 1. The van der Waals surface area contributed by atoms with E-state index in [9.17, 15) is 0 Å². The summed E-state index contributed by atoms with van der Waals surface area (Å²) in [4.78, 5) is 4.71. The number of hydrazine groups is 1. The normalized spacial score (nSPS) is 14.3. The van der Waals surface area contributed by atoms with E-state index in [1.165, 1.54) is 0 Å². The monoisotopic (exact) mass is 305 g/mol. The van der Waals surface area contributed by atoms with Gasteiger partial charge in [0.05, 0.1) is 22.8 Å². The molecule has 0 aliphatic carbocycles. The molecule has 114 valence electrons. The molecule has 0 amide bonds. The molecule has 2 atom stereocenters. The number of hydrogen-bond acceptors (Lipinski definition) is 5. The number of nitrogens with one attached hydrogen (secondary N) is 1. The van der Waals surface area contributed by atoms with Gasteiger partial charge in [-0.1, -0.05) is 44.2 Å². The zero-order valence-corrected chi connectivity index (χ0v) is 13.6. The molecule has 0 saturated carbocycles. The standard InChI is InChI=1S/C16H23N3OS/c1-11(2)16(20-3)13(19-17)9-15-18-14(10-21-15)12-7-5-4-6-8-12/h4-8,10-11,13,16,19H,9,17H2,1-3H3. The van der Waals surface area contributed by atoms with E-state index in [1.807, 2.05) is 18.2 Å². The summed E-state index contributed by atoms with van der Waals surface area (Å²) >= 11 is 1.67. The van der Waals surface area contributed by atoms with Gasteiger partial charge >= 0.3 is 0 Å². The number of benzene rings is 1. The fourth-order valence-electron chi connectivity index (χ4n) is 2.51. The highest BCUT2D eigenvalue weighted by Crippen LogP contribution is 2.23. The van der Waals surface area contributed by atoms with E-state index in [4.69, 9.17) is 15.6 Å². The highest BCUT2D eigenvalue weighted by atomic mass is 32.1. The minimum atomic E-state index is 0.0600. The van der Waals surface area contributed by atoms with Crippen LogP contribution < -0.4 is 11.3 Å². The van der Waals surface area contributed by atoms with Crippen LogP contribution in [0.4, 0.5) is 0 Å². The van der Waals surface area contributed by atoms with Crippen molar-refractivity contribution in [3.05, 3.63) is 40.7 Å². The van der Waals surface area contributed by atoms with E-state index in [1.54, 1.807) is 18.4 Å². The van der Waals surface area contributed by atoms with Crippen LogP contribution in [-0.4, -0.2) is 24.2 Å². The summed E-state index contributed by atoms with van der Waals surface area (Å²) < 4.78 is 5.56. The largest absolute Gasteiger partial charge is 0.380 e. The average molecular weight is 305 g/mol. The molecule has 0 spiro atoms. The number of aromatic nitrogens is 1. The number of hydrogen-bond donors (Lipinski definition) is 2. The summed E-state index contributed by atoms with van der Waals surface area (Å²) in [7, 11) is 1.73. The third-order valence-corrected chi connectivity index (χ3v) is 4.43. The quantitative estimate of drug-likeness (QED) is 0.610. The fourth-order valence-corrected chi connectivity index (χ4v) is 3.37. The van der Waals surface area contributed by atoms with Gasteiger partial charge in [-0.15, -0.1) is 11.3 Å². The van der Waals surface area contributed by atoms with Gasteiger partial charge in [0.25, 0.3) is 0 Å². The zero-order chi connectivity index (χ0) is 15.2. The van der Waals surface area contributed by atoms with Crippen LogP contribution in [0.15, 0.2) is 35.7 Å². The molecule has 5 heteroatoms. The molecule has 0 fully saturated rings.